The molecule has 14 heavy (non-hydrogen) atoms. The third kappa shape index (κ3) is 2.67. The van der Waals surface area contributed by atoms with E-state index in [1.54, 1.807) is 19.1 Å². The first-order valence-corrected chi connectivity index (χ1v) is 4.80. The third-order valence-corrected chi connectivity index (χ3v) is 2.56. The number of amides is 1. The summed E-state index contributed by atoms with van der Waals surface area (Å²) in [5.74, 6) is 0.0135. The number of nitrogens with one attached hydrogen (secondary N) is 1. The fourth-order valence-corrected chi connectivity index (χ4v) is 1.60. The quantitative estimate of drug-likeness (QED) is 0.602. The topological polar surface area (TPSA) is 61.8 Å². The van der Waals surface area contributed by atoms with Crippen molar-refractivity contribution in [2.75, 3.05) is 33.9 Å². The molecule has 0 radical (unpaired) electrons. The van der Waals surface area contributed by atoms with Gasteiger partial charge in [-0.05, 0) is 0 Å². The van der Waals surface area contributed by atoms with Crippen molar-refractivity contribution in [2.45, 2.75) is 18.6 Å². The van der Waals surface area contributed by atoms with Crippen LogP contribution in [0.25, 0.3) is 0 Å². The van der Waals surface area contributed by atoms with Gasteiger partial charge < -0.3 is 20.1 Å². The van der Waals surface area contributed by atoms with Crippen molar-refractivity contribution in [3.63, 3.8) is 0 Å². The Hall–Kier alpha value is -0.650. The van der Waals surface area contributed by atoms with E-state index >= 15 is 0 Å². The molecule has 1 saturated heterocycles. The van der Waals surface area contributed by atoms with Gasteiger partial charge in [0, 0.05) is 27.2 Å². The maximum absolute atomic E-state index is 11.5. The van der Waals surface area contributed by atoms with E-state index in [4.69, 9.17) is 4.74 Å². The Balaban J connectivity index is 2.39. The second-order valence-electron chi connectivity index (χ2n) is 3.54. The standard InChI is InChI=1S/C9H18N2O3/c1-11(9(13)3-4-14-2)7-5-10-6-8(7)12/h7-8,10,12H,3-6H2,1-2H3/t7-,8-/m0/s1. The molecule has 0 aliphatic carbocycles. The molecule has 0 saturated carbocycles. The molecule has 1 rings (SSSR count). The van der Waals surface area contributed by atoms with Crippen LogP contribution in [0.5, 0.6) is 0 Å². The summed E-state index contributed by atoms with van der Waals surface area (Å²) in [5, 5.41) is 12.6. The Bertz CT molecular complexity index is 198. The summed E-state index contributed by atoms with van der Waals surface area (Å²) in [5.41, 5.74) is 0. The van der Waals surface area contributed by atoms with Gasteiger partial charge in [0.1, 0.15) is 0 Å². The molecule has 1 heterocycles. The number of aliphatic hydroxyl groups is 1. The number of methoxy groups -OCH3 is 1. The average Bonchev–Trinajstić information content (AvgIpc) is 2.59. The first-order valence-electron chi connectivity index (χ1n) is 4.80. The molecule has 2 N–H and O–H groups in total. The van der Waals surface area contributed by atoms with E-state index in [1.165, 1.54) is 0 Å². The van der Waals surface area contributed by atoms with E-state index in [-0.39, 0.29) is 11.9 Å². The molecule has 0 aromatic rings. The first kappa shape index (κ1) is 11.4. The molecule has 5 heteroatoms. The lowest BCUT2D eigenvalue weighted by Gasteiger charge is -2.26. The number of aliphatic hydroxyl groups excluding tert-OH is 1. The van der Waals surface area contributed by atoms with Gasteiger partial charge in [0.05, 0.1) is 25.2 Å². The number of ether oxygens (including phenoxy) is 1. The number of β-amino-alcohol motifs (C(OH)–C–C–N with tert-alkyl or cyclic N) is 1. The maximum Gasteiger partial charge on any atom is 0.225 e. The van der Waals surface area contributed by atoms with Gasteiger partial charge in [-0.1, -0.05) is 0 Å². The van der Waals surface area contributed by atoms with Crippen LogP contribution in [0, 0.1) is 0 Å². The monoisotopic (exact) mass is 202 g/mol. The fraction of sp³-hybridized carbons (Fsp3) is 0.889. The Labute approximate surface area is 84.0 Å². The highest BCUT2D eigenvalue weighted by Crippen LogP contribution is 2.08. The van der Waals surface area contributed by atoms with Gasteiger partial charge in [0.25, 0.3) is 0 Å². The molecule has 1 amide bonds. The number of carbonyl (C=O) groups is 1. The van der Waals surface area contributed by atoms with E-state index in [0.29, 0.717) is 26.1 Å². The smallest absolute Gasteiger partial charge is 0.225 e. The van der Waals surface area contributed by atoms with Crippen LogP contribution in [0.15, 0.2) is 0 Å². The Morgan fingerprint density at radius 2 is 2.36 bits per heavy atom. The molecule has 1 fully saturated rings. The molecule has 82 valence electrons. The maximum atomic E-state index is 11.5. The van der Waals surface area contributed by atoms with Crippen molar-refractivity contribution in [3.8, 4) is 0 Å². The lowest BCUT2D eigenvalue weighted by molar-refractivity contribution is -0.134. The second kappa shape index (κ2) is 5.29. The van der Waals surface area contributed by atoms with Crippen molar-refractivity contribution in [3.05, 3.63) is 0 Å². The van der Waals surface area contributed by atoms with Gasteiger partial charge in [0.15, 0.2) is 0 Å². The zero-order chi connectivity index (χ0) is 10.6. The molecule has 5 nitrogen and oxygen atoms in total. The Morgan fingerprint density at radius 3 is 2.86 bits per heavy atom. The van der Waals surface area contributed by atoms with Gasteiger partial charge in [-0.25, -0.2) is 0 Å². The minimum atomic E-state index is -0.452. The van der Waals surface area contributed by atoms with Crippen molar-refractivity contribution in [1.82, 2.24) is 10.2 Å². The van der Waals surface area contributed by atoms with E-state index in [1.807, 2.05) is 0 Å². The van der Waals surface area contributed by atoms with Gasteiger partial charge in [0.2, 0.25) is 5.91 Å². The van der Waals surface area contributed by atoms with Gasteiger partial charge in [-0.3, -0.25) is 4.79 Å². The van der Waals surface area contributed by atoms with E-state index in [2.05, 4.69) is 5.32 Å². The molecule has 0 bridgehead atoms. The number of carbonyl (C=O) groups excluding carboxylic acids is 1. The molecule has 0 spiro atoms. The van der Waals surface area contributed by atoms with Crippen molar-refractivity contribution in [2.24, 2.45) is 0 Å². The average molecular weight is 202 g/mol. The SMILES string of the molecule is COCCC(=O)N(C)[C@H]1CNC[C@@H]1O. The third-order valence-electron chi connectivity index (χ3n) is 2.56. The molecule has 0 unspecified atom stereocenters. The molecule has 1 aliphatic rings. The minimum absolute atomic E-state index is 0.0135. The van der Waals surface area contributed by atoms with Crippen LogP contribution in [0.2, 0.25) is 0 Å². The van der Waals surface area contributed by atoms with E-state index in [9.17, 15) is 9.90 Å². The lowest BCUT2D eigenvalue weighted by Crippen LogP contribution is -2.44. The Morgan fingerprint density at radius 1 is 1.64 bits per heavy atom. The van der Waals surface area contributed by atoms with E-state index < -0.39 is 6.10 Å². The number of hydrogen-bond acceptors (Lipinski definition) is 4. The summed E-state index contributed by atoms with van der Waals surface area (Å²) in [6, 6.07) is -0.0978. The molecule has 0 aromatic carbocycles. The number of rotatable bonds is 4. The molecule has 2 atom stereocenters. The predicted molar refractivity (Wildman–Crippen MR) is 51.9 cm³/mol. The van der Waals surface area contributed by atoms with Gasteiger partial charge in [-0.2, -0.15) is 0 Å². The zero-order valence-corrected chi connectivity index (χ0v) is 8.69. The zero-order valence-electron chi connectivity index (χ0n) is 8.69. The van der Waals surface area contributed by atoms with Crippen LogP contribution in [0.1, 0.15) is 6.42 Å². The minimum Gasteiger partial charge on any atom is -0.390 e. The number of nitrogens with zero attached hydrogens (tertiary/aromatic N) is 1. The van der Waals surface area contributed by atoms with Crippen LogP contribution in [-0.2, 0) is 9.53 Å². The second-order valence-corrected chi connectivity index (χ2v) is 3.54. The summed E-state index contributed by atoms with van der Waals surface area (Å²) in [6.07, 6.45) is -0.0811. The normalized spacial score (nSPS) is 26.5. The predicted octanol–water partition coefficient (Wildman–Crippen LogP) is -1.19. The summed E-state index contributed by atoms with van der Waals surface area (Å²) in [7, 11) is 3.29. The fourth-order valence-electron chi connectivity index (χ4n) is 1.60. The van der Waals surface area contributed by atoms with Crippen molar-refractivity contribution < 1.29 is 14.6 Å². The summed E-state index contributed by atoms with van der Waals surface area (Å²) in [4.78, 5) is 13.1. The summed E-state index contributed by atoms with van der Waals surface area (Å²) in [6.45, 7) is 1.66. The number of likely N-dealkylation sites (N-methyl/N-ethyl adjacent to an activating group) is 1. The Kier molecular flexibility index (Phi) is 4.31. The first-order chi connectivity index (χ1) is 6.66. The van der Waals surface area contributed by atoms with Crippen LogP contribution in [0.4, 0.5) is 0 Å². The van der Waals surface area contributed by atoms with Crippen molar-refractivity contribution in [1.29, 1.82) is 0 Å². The highest BCUT2D eigenvalue weighted by molar-refractivity contribution is 5.76. The lowest BCUT2D eigenvalue weighted by atomic mass is 10.2. The molecule has 1 aliphatic heterocycles. The molecule has 0 aromatic heterocycles. The van der Waals surface area contributed by atoms with Crippen molar-refractivity contribution >= 4 is 5.91 Å². The number of hydrogen-bond donors (Lipinski definition) is 2. The van der Waals surface area contributed by atoms with Crippen LogP contribution in [-0.4, -0.2) is 61.9 Å². The van der Waals surface area contributed by atoms with Crippen LogP contribution in [0.3, 0.4) is 0 Å². The largest absolute Gasteiger partial charge is 0.390 e. The van der Waals surface area contributed by atoms with Crippen LogP contribution < -0.4 is 5.32 Å². The highest BCUT2D eigenvalue weighted by Gasteiger charge is 2.30. The van der Waals surface area contributed by atoms with E-state index in [0.717, 1.165) is 0 Å². The van der Waals surface area contributed by atoms with Gasteiger partial charge in [-0.15, -0.1) is 0 Å². The molecular formula is C9H18N2O3. The van der Waals surface area contributed by atoms with Crippen LogP contribution >= 0.6 is 0 Å². The summed E-state index contributed by atoms with van der Waals surface area (Å²) < 4.78 is 4.83. The highest BCUT2D eigenvalue weighted by atomic mass is 16.5. The van der Waals surface area contributed by atoms with Gasteiger partial charge >= 0.3 is 0 Å². The summed E-state index contributed by atoms with van der Waals surface area (Å²) >= 11 is 0. The molecular weight excluding hydrogens is 184 g/mol.